The van der Waals surface area contributed by atoms with Crippen molar-refractivity contribution < 1.29 is 13.2 Å². The number of rotatable bonds is 5. The van der Waals surface area contributed by atoms with E-state index in [0.717, 1.165) is 16.7 Å². The van der Waals surface area contributed by atoms with Gasteiger partial charge in [-0.15, -0.1) is 0 Å². The van der Waals surface area contributed by atoms with Crippen molar-refractivity contribution in [1.82, 2.24) is 4.98 Å². The van der Waals surface area contributed by atoms with Crippen LogP contribution in [0.5, 0.6) is 5.75 Å². The van der Waals surface area contributed by atoms with E-state index in [1.54, 1.807) is 12.4 Å². The molecule has 0 atom stereocenters. The van der Waals surface area contributed by atoms with Crippen molar-refractivity contribution in [2.45, 2.75) is 25.2 Å². The second kappa shape index (κ2) is 6.24. The molecule has 0 fully saturated rings. The highest BCUT2D eigenvalue weighted by molar-refractivity contribution is 7.89. The van der Waals surface area contributed by atoms with Gasteiger partial charge in [-0.05, 0) is 48.7 Å². The van der Waals surface area contributed by atoms with Crippen molar-refractivity contribution >= 4 is 10.0 Å². The zero-order chi connectivity index (χ0) is 15.5. The minimum Gasteiger partial charge on any atom is -0.492 e. The average molecular weight is 306 g/mol. The molecule has 0 amide bonds. The van der Waals surface area contributed by atoms with Crippen molar-refractivity contribution in [1.29, 1.82) is 0 Å². The van der Waals surface area contributed by atoms with Gasteiger partial charge in [-0.3, -0.25) is 4.98 Å². The Bertz CT molecular complexity index is 728. The van der Waals surface area contributed by atoms with Gasteiger partial charge in [0.05, 0.1) is 6.61 Å². The van der Waals surface area contributed by atoms with Gasteiger partial charge >= 0.3 is 0 Å². The quantitative estimate of drug-likeness (QED) is 0.915. The molecule has 5 nitrogen and oxygen atoms in total. The molecular weight excluding hydrogens is 288 g/mol. The number of aryl methyl sites for hydroxylation is 2. The molecule has 6 heteroatoms. The Morgan fingerprint density at radius 3 is 2.48 bits per heavy atom. The number of benzene rings is 1. The molecule has 0 aliphatic heterocycles. The van der Waals surface area contributed by atoms with E-state index in [4.69, 9.17) is 9.88 Å². The molecule has 0 radical (unpaired) electrons. The number of hydrogen-bond acceptors (Lipinski definition) is 4. The average Bonchev–Trinajstić information content (AvgIpc) is 2.41. The van der Waals surface area contributed by atoms with Crippen LogP contribution < -0.4 is 9.88 Å². The summed E-state index contributed by atoms with van der Waals surface area (Å²) in [6, 6.07) is 7.19. The van der Waals surface area contributed by atoms with Gasteiger partial charge in [-0.25, -0.2) is 13.6 Å². The van der Waals surface area contributed by atoms with Crippen LogP contribution >= 0.6 is 0 Å². The Hall–Kier alpha value is -1.92. The summed E-state index contributed by atoms with van der Waals surface area (Å²) in [6.45, 7) is 4.00. The Balaban J connectivity index is 2.20. The van der Waals surface area contributed by atoms with E-state index in [1.807, 2.05) is 32.0 Å². The maximum absolute atomic E-state index is 11.7. The van der Waals surface area contributed by atoms with Crippen LogP contribution in [0.15, 0.2) is 41.6 Å². The monoisotopic (exact) mass is 306 g/mol. The van der Waals surface area contributed by atoms with Crippen LogP contribution in [0.2, 0.25) is 0 Å². The highest BCUT2D eigenvalue weighted by Crippen LogP contribution is 2.28. The second-order valence-corrected chi connectivity index (χ2v) is 6.44. The first-order valence-corrected chi connectivity index (χ1v) is 8.08. The fourth-order valence-corrected chi connectivity index (χ4v) is 2.96. The summed E-state index contributed by atoms with van der Waals surface area (Å²) in [5.41, 5.74) is 2.67. The van der Waals surface area contributed by atoms with E-state index in [1.165, 1.54) is 6.07 Å². The van der Waals surface area contributed by atoms with Gasteiger partial charge in [0.15, 0.2) is 0 Å². The SMILES string of the molecule is Cc1cc(C)c(OCCc2ccncc2)c(S(N)(=O)=O)c1. The molecule has 2 rings (SSSR count). The largest absolute Gasteiger partial charge is 0.492 e. The fourth-order valence-electron chi connectivity index (χ4n) is 2.13. The molecule has 0 aliphatic rings. The molecule has 112 valence electrons. The van der Waals surface area contributed by atoms with Crippen LogP contribution in [0.3, 0.4) is 0 Å². The predicted molar refractivity (Wildman–Crippen MR) is 80.7 cm³/mol. The zero-order valence-electron chi connectivity index (χ0n) is 12.0. The number of nitrogens with two attached hydrogens (primary N) is 1. The Morgan fingerprint density at radius 1 is 1.19 bits per heavy atom. The molecule has 1 heterocycles. The van der Waals surface area contributed by atoms with Crippen LogP contribution in [0, 0.1) is 13.8 Å². The lowest BCUT2D eigenvalue weighted by Crippen LogP contribution is -2.15. The molecule has 0 saturated heterocycles. The minimum absolute atomic E-state index is 0.0368. The molecule has 2 N–H and O–H groups in total. The van der Waals surface area contributed by atoms with E-state index in [0.29, 0.717) is 18.8 Å². The molecule has 21 heavy (non-hydrogen) atoms. The smallest absolute Gasteiger partial charge is 0.241 e. The third-order valence-electron chi connectivity index (χ3n) is 3.08. The highest BCUT2D eigenvalue weighted by atomic mass is 32.2. The summed E-state index contributed by atoms with van der Waals surface area (Å²) in [4.78, 5) is 3.98. The molecule has 0 unspecified atom stereocenters. The summed E-state index contributed by atoms with van der Waals surface area (Å²) < 4.78 is 29.0. The third-order valence-corrected chi connectivity index (χ3v) is 3.99. The Morgan fingerprint density at radius 2 is 1.86 bits per heavy atom. The fraction of sp³-hybridized carbons (Fsp3) is 0.267. The number of hydrogen-bond donors (Lipinski definition) is 1. The molecule has 2 aromatic rings. The maximum Gasteiger partial charge on any atom is 0.241 e. The van der Waals surface area contributed by atoms with Gasteiger partial charge in [0.25, 0.3) is 0 Å². The molecule has 1 aromatic heterocycles. The lowest BCUT2D eigenvalue weighted by atomic mass is 10.1. The van der Waals surface area contributed by atoms with E-state index in [2.05, 4.69) is 4.98 Å². The predicted octanol–water partition coefficient (Wildman–Crippen LogP) is 1.97. The first-order chi connectivity index (χ1) is 9.88. The van der Waals surface area contributed by atoms with Gasteiger partial charge < -0.3 is 4.74 Å². The Kier molecular flexibility index (Phi) is 4.59. The first-order valence-electron chi connectivity index (χ1n) is 6.53. The molecule has 1 aromatic carbocycles. The van der Waals surface area contributed by atoms with Crippen LogP contribution in [-0.4, -0.2) is 20.0 Å². The van der Waals surface area contributed by atoms with Crippen molar-refractivity contribution in [2.75, 3.05) is 6.61 Å². The van der Waals surface area contributed by atoms with Gasteiger partial charge in [0, 0.05) is 18.8 Å². The molecule has 0 bridgehead atoms. The summed E-state index contributed by atoms with van der Waals surface area (Å²) in [5.74, 6) is 0.331. The number of pyridine rings is 1. The summed E-state index contributed by atoms with van der Waals surface area (Å²) >= 11 is 0. The van der Waals surface area contributed by atoms with E-state index >= 15 is 0 Å². The topological polar surface area (TPSA) is 82.3 Å². The second-order valence-electron chi connectivity index (χ2n) is 4.91. The summed E-state index contributed by atoms with van der Waals surface area (Å²) in [7, 11) is -3.81. The molecule has 0 saturated carbocycles. The third kappa shape index (κ3) is 4.03. The van der Waals surface area contributed by atoms with Crippen LogP contribution in [0.4, 0.5) is 0 Å². The Labute approximate surface area is 124 Å². The summed E-state index contributed by atoms with van der Waals surface area (Å²) in [5, 5.41) is 5.26. The van der Waals surface area contributed by atoms with Gasteiger partial charge in [-0.2, -0.15) is 0 Å². The minimum atomic E-state index is -3.81. The van der Waals surface area contributed by atoms with E-state index in [-0.39, 0.29) is 4.90 Å². The number of nitrogens with zero attached hydrogens (tertiary/aromatic N) is 1. The van der Waals surface area contributed by atoms with Crippen molar-refractivity contribution in [3.8, 4) is 5.75 Å². The van der Waals surface area contributed by atoms with Crippen LogP contribution in [0.1, 0.15) is 16.7 Å². The van der Waals surface area contributed by atoms with E-state index < -0.39 is 10.0 Å². The normalized spacial score (nSPS) is 11.4. The highest BCUT2D eigenvalue weighted by Gasteiger charge is 2.18. The first kappa shape index (κ1) is 15.5. The standard InChI is InChI=1S/C15H18N2O3S/c1-11-9-12(2)15(14(10-11)21(16,18)19)20-8-5-13-3-6-17-7-4-13/h3-4,6-7,9-10H,5,8H2,1-2H3,(H2,16,18,19). The van der Waals surface area contributed by atoms with Crippen LogP contribution in [-0.2, 0) is 16.4 Å². The zero-order valence-corrected chi connectivity index (χ0v) is 12.9. The lowest BCUT2D eigenvalue weighted by Gasteiger charge is -2.14. The lowest BCUT2D eigenvalue weighted by molar-refractivity contribution is 0.311. The van der Waals surface area contributed by atoms with Gasteiger partial charge in [-0.1, -0.05) is 6.07 Å². The van der Waals surface area contributed by atoms with Crippen LogP contribution in [0.25, 0.3) is 0 Å². The number of sulfonamides is 1. The van der Waals surface area contributed by atoms with Gasteiger partial charge in [0.2, 0.25) is 10.0 Å². The summed E-state index contributed by atoms with van der Waals surface area (Å²) in [6.07, 6.45) is 4.09. The maximum atomic E-state index is 11.7. The number of aromatic nitrogens is 1. The van der Waals surface area contributed by atoms with Crippen molar-refractivity contribution in [2.24, 2.45) is 5.14 Å². The molecular formula is C15H18N2O3S. The van der Waals surface area contributed by atoms with Crippen molar-refractivity contribution in [3.05, 3.63) is 53.3 Å². The van der Waals surface area contributed by atoms with E-state index in [9.17, 15) is 8.42 Å². The van der Waals surface area contributed by atoms with Crippen molar-refractivity contribution in [3.63, 3.8) is 0 Å². The number of ether oxygens (including phenoxy) is 1. The number of primary sulfonamides is 1. The molecule has 0 aliphatic carbocycles. The van der Waals surface area contributed by atoms with Gasteiger partial charge in [0.1, 0.15) is 10.6 Å². The molecule has 0 spiro atoms.